The van der Waals surface area contributed by atoms with Crippen molar-refractivity contribution in [2.45, 2.75) is 39.8 Å². The Hall–Kier alpha value is -0.790. The fraction of sp³-hybridized carbons (Fsp3) is 0.600. The van der Waals surface area contributed by atoms with Gasteiger partial charge in [-0.05, 0) is 25.0 Å². The molecule has 0 amide bonds. The maximum Gasteiger partial charge on any atom is 0.121 e. The molecule has 0 saturated heterocycles. The molecule has 0 aliphatic heterocycles. The summed E-state index contributed by atoms with van der Waals surface area (Å²) < 4.78 is 12.9. The Morgan fingerprint density at radius 1 is 1.42 bits per heavy atom. The highest BCUT2D eigenvalue weighted by molar-refractivity contribution is 5.15. The van der Waals surface area contributed by atoms with Gasteiger partial charge in [-0.2, -0.15) is 0 Å². The van der Waals surface area contributed by atoms with Gasteiger partial charge in [-0.3, -0.25) is 0 Å². The predicted octanol–water partition coefficient (Wildman–Crippen LogP) is 3.53. The van der Waals surface area contributed by atoms with Crippen LogP contribution >= 0.6 is 0 Å². The molecule has 0 aliphatic rings. The summed E-state index contributed by atoms with van der Waals surface area (Å²) in [5, 5.41) is 9.06. The molecule has 70 valence electrons. The SMILES string of the molecule is CC/C(O)=C\C=C(/C)C(F)CC. The minimum atomic E-state index is -0.883. The average Bonchev–Trinajstić information content (AvgIpc) is 2.11. The standard InChI is InChI=1S/C10H17FO/c1-4-9(12)7-6-8(3)10(11)5-2/h6-7,10,12H,4-5H2,1-3H3/b8-6+,9-7+. The van der Waals surface area contributed by atoms with Gasteiger partial charge >= 0.3 is 0 Å². The number of halogens is 1. The monoisotopic (exact) mass is 172 g/mol. The summed E-state index contributed by atoms with van der Waals surface area (Å²) >= 11 is 0. The first-order valence-electron chi connectivity index (χ1n) is 4.32. The molecular formula is C10H17FO. The van der Waals surface area contributed by atoms with Crippen LogP contribution in [-0.4, -0.2) is 11.3 Å². The molecule has 0 fully saturated rings. The molecule has 1 N–H and O–H groups in total. The number of alkyl halides is 1. The van der Waals surface area contributed by atoms with Crippen molar-refractivity contribution in [2.75, 3.05) is 0 Å². The van der Waals surface area contributed by atoms with Crippen molar-refractivity contribution < 1.29 is 9.50 Å². The molecule has 0 aliphatic carbocycles. The average molecular weight is 172 g/mol. The van der Waals surface area contributed by atoms with E-state index >= 15 is 0 Å². The predicted molar refractivity (Wildman–Crippen MR) is 49.9 cm³/mol. The number of aliphatic hydroxyl groups is 1. The first kappa shape index (κ1) is 11.2. The molecule has 1 unspecified atom stereocenters. The normalized spacial score (nSPS) is 16.3. The molecule has 12 heavy (non-hydrogen) atoms. The number of allylic oxidation sites excluding steroid dienone is 4. The van der Waals surface area contributed by atoms with Crippen molar-refractivity contribution in [1.82, 2.24) is 0 Å². The van der Waals surface area contributed by atoms with Gasteiger partial charge in [-0.1, -0.05) is 19.9 Å². The highest BCUT2D eigenvalue weighted by Crippen LogP contribution is 2.10. The Balaban J connectivity index is 4.17. The lowest BCUT2D eigenvalue weighted by Gasteiger charge is -2.03. The van der Waals surface area contributed by atoms with Gasteiger partial charge in [0.25, 0.3) is 0 Å². The lowest BCUT2D eigenvalue weighted by Crippen LogP contribution is -1.98. The molecule has 2 heteroatoms. The molecule has 0 spiro atoms. The lowest BCUT2D eigenvalue weighted by atomic mass is 10.1. The third-order valence-corrected chi connectivity index (χ3v) is 1.75. The van der Waals surface area contributed by atoms with Gasteiger partial charge in [-0.15, -0.1) is 0 Å². The first-order valence-corrected chi connectivity index (χ1v) is 4.32. The van der Waals surface area contributed by atoms with Crippen LogP contribution in [-0.2, 0) is 0 Å². The van der Waals surface area contributed by atoms with Crippen LogP contribution < -0.4 is 0 Å². The Morgan fingerprint density at radius 3 is 2.42 bits per heavy atom. The third-order valence-electron chi connectivity index (χ3n) is 1.75. The van der Waals surface area contributed by atoms with Crippen molar-refractivity contribution in [2.24, 2.45) is 0 Å². The number of rotatable bonds is 4. The molecule has 0 saturated carbocycles. The molecule has 0 aromatic heterocycles. The van der Waals surface area contributed by atoms with Crippen LogP contribution in [0.4, 0.5) is 4.39 Å². The zero-order chi connectivity index (χ0) is 9.56. The number of hydrogen-bond acceptors (Lipinski definition) is 1. The Labute approximate surface area is 73.6 Å². The third kappa shape index (κ3) is 4.16. The summed E-state index contributed by atoms with van der Waals surface area (Å²) in [6.45, 7) is 5.38. The second-order valence-corrected chi connectivity index (χ2v) is 2.80. The molecule has 0 heterocycles. The van der Waals surface area contributed by atoms with Crippen LogP contribution in [0.2, 0.25) is 0 Å². The van der Waals surface area contributed by atoms with E-state index in [1.54, 1.807) is 26.0 Å². The van der Waals surface area contributed by atoms with Gasteiger partial charge in [-0.25, -0.2) is 4.39 Å². The second-order valence-electron chi connectivity index (χ2n) is 2.80. The Kier molecular flexibility index (Phi) is 5.43. The molecule has 0 rings (SSSR count). The number of hydrogen-bond donors (Lipinski definition) is 1. The minimum absolute atomic E-state index is 0.289. The summed E-state index contributed by atoms with van der Waals surface area (Å²) in [6, 6.07) is 0. The van der Waals surface area contributed by atoms with Crippen molar-refractivity contribution in [3.05, 3.63) is 23.5 Å². The van der Waals surface area contributed by atoms with E-state index in [2.05, 4.69) is 0 Å². The number of aliphatic hydroxyl groups excluding tert-OH is 1. The maximum atomic E-state index is 12.9. The van der Waals surface area contributed by atoms with Gasteiger partial charge in [0, 0.05) is 6.42 Å². The summed E-state index contributed by atoms with van der Waals surface area (Å²) in [5.41, 5.74) is 0.664. The molecular weight excluding hydrogens is 155 g/mol. The molecule has 0 aromatic rings. The molecule has 0 bridgehead atoms. The minimum Gasteiger partial charge on any atom is -0.512 e. The van der Waals surface area contributed by atoms with E-state index in [9.17, 15) is 4.39 Å². The summed E-state index contributed by atoms with van der Waals surface area (Å²) in [6.07, 6.45) is 3.38. The van der Waals surface area contributed by atoms with E-state index in [0.717, 1.165) is 0 Å². The van der Waals surface area contributed by atoms with Crippen LogP contribution in [0.15, 0.2) is 23.5 Å². The molecule has 1 atom stereocenters. The molecule has 1 nitrogen and oxygen atoms in total. The largest absolute Gasteiger partial charge is 0.512 e. The quantitative estimate of drug-likeness (QED) is 0.508. The smallest absolute Gasteiger partial charge is 0.121 e. The van der Waals surface area contributed by atoms with E-state index in [4.69, 9.17) is 5.11 Å². The van der Waals surface area contributed by atoms with Gasteiger partial charge < -0.3 is 5.11 Å². The Morgan fingerprint density at radius 2 is 2.00 bits per heavy atom. The van der Waals surface area contributed by atoms with Gasteiger partial charge in [0.15, 0.2) is 0 Å². The first-order chi connectivity index (χ1) is 5.61. The Bertz CT molecular complexity index is 182. The fourth-order valence-corrected chi connectivity index (χ4v) is 0.772. The van der Waals surface area contributed by atoms with Crippen molar-refractivity contribution in [1.29, 1.82) is 0 Å². The zero-order valence-corrected chi connectivity index (χ0v) is 7.97. The van der Waals surface area contributed by atoms with Crippen LogP contribution in [0.1, 0.15) is 33.6 Å². The van der Waals surface area contributed by atoms with E-state index in [-0.39, 0.29) is 5.76 Å². The van der Waals surface area contributed by atoms with Crippen molar-refractivity contribution in [3.8, 4) is 0 Å². The van der Waals surface area contributed by atoms with E-state index in [0.29, 0.717) is 18.4 Å². The van der Waals surface area contributed by atoms with Crippen molar-refractivity contribution in [3.63, 3.8) is 0 Å². The lowest BCUT2D eigenvalue weighted by molar-refractivity contribution is 0.371. The fourth-order valence-electron chi connectivity index (χ4n) is 0.772. The van der Waals surface area contributed by atoms with E-state index < -0.39 is 6.17 Å². The molecule has 0 radical (unpaired) electrons. The highest BCUT2D eigenvalue weighted by Gasteiger charge is 2.03. The summed E-state index contributed by atoms with van der Waals surface area (Å²) in [4.78, 5) is 0. The van der Waals surface area contributed by atoms with E-state index in [1.807, 2.05) is 6.92 Å². The van der Waals surface area contributed by atoms with Gasteiger partial charge in [0.05, 0.1) is 5.76 Å². The maximum absolute atomic E-state index is 12.9. The zero-order valence-electron chi connectivity index (χ0n) is 7.97. The summed E-state index contributed by atoms with van der Waals surface area (Å²) in [7, 11) is 0. The second kappa shape index (κ2) is 5.81. The van der Waals surface area contributed by atoms with E-state index in [1.165, 1.54) is 0 Å². The van der Waals surface area contributed by atoms with Crippen LogP contribution in [0.25, 0.3) is 0 Å². The highest BCUT2D eigenvalue weighted by atomic mass is 19.1. The molecule has 0 aromatic carbocycles. The van der Waals surface area contributed by atoms with Crippen LogP contribution in [0, 0.1) is 0 Å². The van der Waals surface area contributed by atoms with Crippen LogP contribution in [0.5, 0.6) is 0 Å². The van der Waals surface area contributed by atoms with Crippen molar-refractivity contribution >= 4 is 0 Å². The topological polar surface area (TPSA) is 20.2 Å². The van der Waals surface area contributed by atoms with Gasteiger partial charge in [0.2, 0.25) is 0 Å². The van der Waals surface area contributed by atoms with Crippen LogP contribution in [0.3, 0.4) is 0 Å². The summed E-state index contributed by atoms with van der Waals surface area (Å²) in [5.74, 6) is 0.289. The van der Waals surface area contributed by atoms with Gasteiger partial charge in [0.1, 0.15) is 6.17 Å².